The van der Waals surface area contributed by atoms with E-state index in [9.17, 15) is 0 Å². The molecule has 6 heteroatoms. The second-order valence-electron chi connectivity index (χ2n) is 11.4. The van der Waals surface area contributed by atoms with Gasteiger partial charge >= 0.3 is 0 Å². The first kappa shape index (κ1) is 31.6. The van der Waals surface area contributed by atoms with E-state index in [0.29, 0.717) is 13.2 Å². The maximum atomic E-state index is 7.47. The Bertz CT molecular complexity index is 1210. The smallest absolute Gasteiger partial charge is 0.261 e. The molecule has 0 spiro atoms. The Morgan fingerprint density at radius 2 is 0.976 bits per heavy atom. The molecule has 0 radical (unpaired) electrons. The highest BCUT2D eigenvalue weighted by atomic mass is 32.2. The van der Waals surface area contributed by atoms with Crippen molar-refractivity contribution in [3.63, 3.8) is 0 Å². The van der Waals surface area contributed by atoms with Crippen molar-refractivity contribution in [1.29, 1.82) is 0 Å². The van der Waals surface area contributed by atoms with E-state index < -0.39 is 8.32 Å². The van der Waals surface area contributed by atoms with Gasteiger partial charge in [-0.25, -0.2) is 0 Å². The molecule has 41 heavy (non-hydrogen) atoms. The molecule has 4 aromatic rings. The van der Waals surface area contributed by atoms with Crippen LogP contribution in [0.2, 0.25) is 5.04 Å². The first-order chi connectivity index (χ1) is 19.8. The number of hydrogen-bond donors (Lipinski definition) is 0. The normalized spacial score (nSPS) is 12.1. The zero-order valence-corrected chi connectivity index (χ0v) is 27.5. The third kappa shape index (κ3) is 8.83. The summed E-state index contributed by atoms with van der Waals surface area (Å²) in [7, 11) is -2.70. The number of aryl methyl sites for hydroxylation is 2. The van der Waals surface area contributed by atoms with Crippen LogP contribution in [0.5, 0.6) is 0 Å². The van der Waals surface area contributed by atoms with E-state index in [4.69, 9.17) is 12.8 Å². The zero-order chi connectivity index (χ0) is 29.1. The van der Waals surface area contributed by atoms with Crippen molar-refractivity contribution >= 4 is 42.8 Å². The standard InChI is InChI=1S/C35H42O3S2Si/c1-28-16-20-31(21-17-28)39-36-26-24-30(25-27-37-40-32-22-18-29(2)19-23-32)38-41(35(3,4)5,33-12-8-6-9-13-33)34-14-10-7-11-15-34/h6-23,30H,24-27H2,1-5H3. The van der Waals surface area contributed by atoms with E-state index in [2.05, 4.69) is 144 Å². The van der Waals surface area contributed by atoms with Crippen LogP contribution in [-0.2, 0) is 12.8 Å². The minimum absolute atomic E-state index is 0.0291. The lowest BCUT2D eigenvalue weighted by molar-refractivity contribution is 0.132. The van der Waals surface area contributed by atoms with Crippen molar-refractivity contribution in [2.75, 3.05) is 13.2 Å². The third-order valence-corrected chi connectivity index (χ3v) is 13.7. The van der Waals surface area contributed by atoms with E-state index in [1.807, 2.05) is 0 Å². The molecule has 0 bridgehead atoms. The predicted octanol–water partition coefficient (Wildman–Crippen LogP) is 8.78. The van der Waals surface area contributed by atoms with E-state index in [0.717, 1.165) is 22.6 Å². The van der Waals surface area contributed by atoms with Crippen molar-refractivity contribution in [3.8, 4) is 0 Å². The highest BCUT2D eigenvalue weighted by Gasteiger charge is 2.51. The molecule has 0 atom stereocenters. The average molecular weight is 603 g/mol. The van der Waals surface area contributed by atoms with Crippen LogP contribution in [0.3, 0.4) is 0 Å². The lowest BCUT2D eigenvalue weighted by atomic mass is 10.2. The molecule has 0 amide bonds. The summed E-state index contributed by atoms with van der Waals surface area (Å²) in [5.41, 5.74) is 2.49. The first-order valence-corrected chi connectivity index (χ1v) is 17.7. The fourth-order valence-electron chi connectivity index (χ4n) is 4.97. The summed E-state index contributed by atoms with van der Waals surface area (Å²) in [5.74, 6) is 0. The predicted molar refractivity (Wildman–Crippen MR) is 178 cm³/mol. The van der Waals surface area contributed by atoms with Gasteiger partial charge in [-0.05, 0) is 66.4 Å². The maximum Gasteiger partial charge on any atom is 0.261 e. The molecule has 0 saturated carbocycles. The molecule has 0 unspecified atom stereocenters. The van der Waals surface area contributed by atoms with Gasteiger partial charge in [-0.1, -0.05) is 117 Å². The molecule has 0 aliphatic heterocycles. The lowest BCUT2D eigenvalue weighted by Crippen LogP contribution is -2.67. The van der Waals surface area contributed by atoms with E-state index in [1.54, 1.807) is 0 Å². The van der Waals surface area contributed by atoms with Crippen molar-refractivity contribution in [2.24, 2.45) is 0 Å². The molecular formula is C35H42O3S2Si. The molecule has 0 saturated heterocycles. The van der Waals surface area contributed by atoms with Crippen LogP contribution in [0.4, 0.5) is 0 Å². The molecule has 0 aromatic heterocycles. The van der Waals surface area contributed by atoms with Crippen LogP contribution in [0.15, 0.2) is 119 Å². The first-order valence-electron chi connectivity index (χ1n) is 14.3. The van der Waals surface area contributed by atoms with Gasteiger partial charge in [-0.2, -0.15) is 0 Å². The summed E-state index contributed by atoms with van der Waals surface area (Å²) in [6, 6.07) is 38.5. The SMILES string of the molecule is Cc1ccc(SOCCC(CCOSc2ccc(C)cc2)O[Si](c2ccccc2)(c2ccccc2)C(C)(C)C)cc1. The highest BCUT2D eigenvalue weighted by Crippen LogP contribution is 2.38. The Labute approximate surface area is 256 Å². The Kier molecular flexibility index (Phi) is 11.7. The van der Waals surface area contributed by atoms with E-state index in [1.165, 1.54) is 45.6 Å². The fourth-order valence-corrected chi connectivity index (χ4v) is 10.8. The molecule has 0 aliphatic rings. The fraction of sp³-hybridized carbons (Fsp3) is 0.314. The van der Waals surface area contributed by atoms with Gasteiger partial charge in [0, 0.05) is 33.9 Å². The summed E-state index contributed by atoms with van der Waals surface area (Å²) in [5, 5.41) is 2.48. The molecular weight excluding hydrogens is 561 g/mol. The summed E-state index contributed by atoms with van der Waals surface area (Å²) >= 11 is 2.87. The van der Waals surface area contributed by atoms with E-state index >= 15 is 0 Å². The van der Waals surface area contributed by atoms with Gasteiger partial charge in [0.2, 0.25) is 0 Å². The van der Waals surface area contributed by atoms with Crippen LogP contribution in [-0.4, -0.2) is 27.6 Å². The van der Waals surface area contributed by atoms with Gasteiger partial charge in [0.1, 0.15) is 0 Å². The van der Waals surface area contributed by atoms with Crippen molar-refractivity contribution in [3.05, 3.63) is 120 Å². The molecule has 4 rings (SSSR count). The Hall–Kier alpha value is -2.32. The van der Waals surface area contributed by atoms with Crippen LogP contribution >= 0.6 is 24.1 Å². The Morgan fingerprint density at radius 3 is 1.34 bits per heavy atom. The summed E-state index contributed by atoms with van der Waals surface area (Å²) in [6.07, 6.45) is 1.53. The van der Waals surface area contributed by atoms with E-state index in [-0.39, 0.29) is 11.1 Å². The monoisotopic (exact) mass is 602 g/mol. The van der Waals surface area contributed by atoms with Gasteiger partial charge < -0.3 is 12.8 Å². The number of hydrogen-bond acceptors (Lipinski definition) is 5. The van der Waals surface area contributed by atoms with Crippen molar-refractivity contribution < 1.29 is 12.8 Å². The largest absolute Gasteiger partial charge is 0.404 e. The van der Waals surface area contributed by atoms with Crippen molar-refractivity contribution in [2.45, 2.75) is 68.4 Å². The van der Waals surface area contributed by atoms with Crippen LogP contribution in [0.1, 0.15) is 44.7 Å². The second-order valence-corrected chi connectivity index (χ2v) is 17.4. The number of rotatable bonds is 14. The summed E-state index contributed by atoms with van der Waals surface area (Å²) in [4.78, 5) is 2.22. The Morgan fingerprint density at radius 1 is 0.585 bits per heavy atom. The molecule has 0 heterocycles. The second kappa shape index (κ2) is 15.2. The lowest BCUT2D eigenvalue weighted by Gasteiger charge is -2.45. The van der Waals surface area contributed by atoms with Crippen molar-refractivity contribution in [1.82, 2.24) is 0 Å². The van der Waals surface area contributed by atoms with Gasteiger partial charge in [-0.3, -0.25) is 0 Å². The minimum Gasteiger partial charge on any atom is -0.404 e. The molecule has 216 valence electrons. The van der Waals surface area contributed by atoms with Crippen LogP contribution in [0.25, 0.3) is 0 Å². The van der Waals surface area contributed by atoms with Crippen LogP contribution < -0.4 is 10.4 Å². The van der Waals surface area contributed by atoms with Crippen LogP contribution in [0, 0.1) is 13.8 Å². The molecule has 4 aromatic carbocycles. The van der Waals surface area contributed by atoms with Gasteiger partial charge in [0.15, 0.2) is 0 Å². The zero-order valence-electron chi connectivity index (χ0n) is 24.8. The maximum absolute atomic E-state index is 7.47. The average Bonchev–Trinajstić information content (AvgIpc) is 2.98. The third-order valence-electron chi connectivity index (χ3n) is 7.16. The Balaban J connectivity index is 1.54. The van der Waals surface area contributed by atoms with Gasteiger partial charge in [0.25, 0.3) is 8.32 Å². The number of benzene rings is 4. The minimum atomic E-state index is -2.70. The molecule has 0 N–H and O–H groups in total. The summed E-state index contributed by atoms with van der Waals surface area (Å²) < 4.78 is 19.7. The van der Waals surface area contributed by atoms with Gasteiger partial charge in [-0.15, -0.1) is 0 Å². The van der Waals surface area contributed by atoms with Gasteiger partial charge in [0.05, 0.1) is 19.3 Å². The molecule has 0 aliphatic carbocycles. The molecule has 0 fully saturated rings. The topological polar surface area (TPSA) is 27.7 Å². The highest BCUT2D eigenvalue weighted by molar-refractivity contribution is 7.94. The summed E-state index contributed by atoms with van der Waals surface area (Å²) in [6.45, 7) is 12.3. The molecule has 3 nitrogen and oxygen atoms in total. The quantitative estimate of drug-likeness (QED) is 0.0817.